The normalized spacial score (nSPS) is 19.9. The van der Waals surface area contributed by atoms with E-state index >= 15 is 0 Å². The molecule has 2 aromatic heterocycles. The maximum absolute atomic E-state index is 13.9. The third-order valence-electron chi connectivity index (χ3n) is 12.0. The lowest BCUT2D eigenvalue weighted by atomic mass is 10.00. The van der Waals surface area contributed by atoms with Crippen LogP contribution in [0.2, 0.25) is 19.1 Å². The topological polar surface area (TPSA) is 186 Å². The van der Waals surface area contributed by atoms with Crippen molar-refractivity contribution in [2.45, 2.75) is 103 Å². The van der Waals surface area contributed by atoms with Crippen molar-refractivity contribution in [1.82, 2.24) is 40.4 Å². The average molecular weight is 823 g/mol. The number of benzene rings is 2. The highest BCUT2D eigenvalue weighted by molar-refractivity contribution is 6.78. The van der Waals surface area contributed by atoms with Gasteiger partial charge in [-0.1, -0.05) is 89.3 Å². The van der Waals surface area contributed by atoms with Gasteiger partial charge in [0.05, 0.1) is 44.9 Å². The zero-order valence-electron chi connectivity index (χ0n) is 35.2. The summed E-state index contributed by atoms with van der Waals surface area (Å²) in [6.45, 7) is 12.1. The first-order valence-electron chi connectivity index (χ1n) is 20.9. The second-order valence-corrected chi connectivity index (χ2v) is 22.9. The van der Waals surface area contributed by atoms with Crippen molar-refractivity contribution in [3.05, 3.63) is 72.1 Å². The number of aromatic amines is 2. The molecule has 4 heterocycles. The lowest BCUT2D eigenvalue weighted by Crippen LogP contribution is -2.52. The van der Waals surface area contributed by atoms with Crippen LogP contribution in [0, 0.1) is 11.8 Å². The van der Waals surface area contributed by atoms with Gasteiger partial charge in [0, 0.05) is 29.9 Å². The van der Waals surface area contributed by atoms with Gasteiger partial charge in [-0.2, -0.15) is 0 Å². The number of nitrogens with one attached hydrogen (secondary N) is 4. The first-order chi connectivity index (χ1) is 28.2. The van der Waals surface area contributed by atoms with Crippen LogP contribution in [0.3, 0.4) is 0 Å². The molecule has 2 aliphatic heterocycles. The number of imidazole rings is 2. The van der Waals surface area contributed by atoms with E-state index in [9.17, 15) is 24.3 Å². The number of ether oxygens (including phenoxy) is 1. The van der Waals surface area contributed by atoms with Crippen molar-refractivity contribution in [3.8, 4) is 33.6 Å². The van der Waals surface area contributed by atoms with Crippen LogP contribution in [0.25, 0.3) is 33.6 Å². The summed E-state index contributed by atoms with van der Waals surface area (Å²) in [6.07, 6.45) is 5.71. The molecule has 2 aromatic carbocycles. The number of likely N-dealkylation sites (tertiary alicyclic amines) is 1. The fraction of sp³-hybridized carbons (Fsp3) is 0.500. The van der Waals surface area contributed by atoms with Gasteiger partial charge in [0.15, 0.2) is 0 Å². The molecular formula is C44H58N8O6Si. The van der Waals surface area contributed by atoms with Crippen LogP contribution in [-0.2, 0) is 19.1 Å². The summed E-state index contributed by atoms with van der Waals surface area (Å²) in [7, 11) is -0.449. The number of carbonyl (C=O) groups excluding carboxylic acids is 4. The molecule has 1 saturated carbocycles. The first-order valence-corrected chi connectivity index (χ1v) is 24.3. The summed E-state index contributed by atoms with van der Waals surface area (Å²) in [5.41, 5.74) is 7.02. The molecule has 0 spiro atoms. The van der Waals surface area contributed by atoms with Crippen LogP contribution in [-0.4, -0.2) is 105 Å². The smallest absolute Gasteiger partial charge is 0.407 e. The number of hydrogen-bond donors (Lipinski definition) is 5. The van der Waals surface area contributed by atoms with E-state index in [2.05, 4.69) is 82.2 Å². The van der Waals surface area contributed by atoms with Gasteiger partial charge in [-0.3, -0.25) is 14.4 Å². The van der Waals surface area contributed by atoms with Gasteiger partial charge in [-0.05, 0) is 60.3 Å². The van der Waals surface area contributed by atoms with E-state index in [1.165, 1.54) is 7.11 Å². The van der Waals surface area contributed by atoms with Gasteiger partial charge < -0.3 is 40.2 Å². The van der Waals surface area contributed by atoms with E-state index in [1.807, 2.05) is 43.7 Å². The fourth-order valence-electron chi connectivity index (χ4n) is 8.62. The second-order valence-electron chi connectivity index (χ2n) is 17.8. The number of methoxy groups -OCH3 is 1. The lowest BCUT2D eigenvalue weighted by Gasteiger charge is -2.30. The molecule has 4 atom stereocenters. The molecule has 15 heteroatoms. The van der Waals surface area contributed by atoms with Crippen LogP contribution >= 0.6 is 0 Å². The van der Waals surface area contributed by atoms with Crippen molar-refractivity contribution in [2.24, 2.45) is 11.8 Å². The van der Waals surface area contributed by atoms with E-state index in [0.29, 0.717) is 18.6 Å². The Hall–Kier alpha value is -5.28. The standard InChI is InChI=1S/C44H58N8O6Si/c1-25(2)36(47-35(54)22-53)42(55)51-20-8-9-33(51)41-48-38(39(49-41)31-18-19-31)30-16-12-28(13-17-30)27-10-14-29(15-11-27)32-21-45-40(46-32)34-23-59(6,7)24-52(34)43(56)37(26(3)4)50-44(57)58-5/h10-17,21,25-26,31,33-34,36-37,53H,8-9,18-20,22-24H2,1-7H3,(H,45,46)(H,47,54)(H,48,49)(H,50,57)/t33-,34-,36-,37-/m0/s1. The molecular weight excluding hydrogens is 765 g/mol. The largest absolute Gasteiger partial charge is 0.453 e. The zero-order valence-corrected chi connectivity index (χ0v) is 36.2. The number of carbonyl (C=O) groups is 4. The predicted octanol–water partition coefficient (Wildman–Crippen LogP) is 6.32. The van der Waals surface area contributed by atoms with E-state index in [-0.39, 0.29) is 35.7 Å². The van der Waals surface area contributed by atoms with Gasteiger partial charge in [-0.15, -0.1) is 0 Å². The highest BCUT2D eigenvalue weighted by Gasteiger charge is 2.46. The molecule has 0 bridgehead atoms. The van der Waals surface area contributed by atoms with Gasteiger partial charge in [0.2, 0.25) is 17.7 Å². The monoisotopic (exact) mass is 822 g/mol. The highest BCUT2D eigenvalue weighted by Crippen LogP contribution is 2.45. The van der Waals surface area contributed by atoms with E-state index in [4.69, 9.17) is 14.7 Å². The Labute approximate surface area is 346 Å². The molecule has 0 unspecified atom stereocenters. The number of hydrogen-bond acceptors (Lipinski definition) is 8. The molecule has 59 heavy (non-hydrogen) atoms. The quantitative estimate of drug-likeness (QED) is 0.0971. The molecule has 4 aromatic rings. The minimum Gasteiger partial charge on any atom is -0.453 e. The van der Waals surface area contributed by atoms with Gasteiger partial charge in [0.25, 0.3) is 0 Å². The summed E-state index contributed by atoms with van der Waals surface area (Å²) < 4.78 is 4.81. The minimum absolute atomic E-state index is 0.111. The number of amides is 4. The van der Waals surface area contributed by atoms with Gasteiger partial charge in [0.1, 0.15) is 30.3 Å². The van der Waals surface area contributed by atoms with Crippen LogP contribution < -0.4 is 10.6 Å². The molecule has 314 valence electrons. The number of aliphatic hydroxyl groups is 1. The van der Waals surface area contributed by atoms with Crippen LogP contribution in [0.5, 0.6) is 0 Å². The lowest BCUT2D eigenvalue weighted by molar-refractivity contribution is -0.139. The molecule has 3 aliphatic rings. The van der Waals surface area contributed by atoms with Crippen LogP contribution in [0.1, 0.15) is 88.7 Å². The van der Waals surface area contributed by atoms with Crippen molar-refractivity contribution in [1.29, 1.82) is 0 Å². The van der Waals surface area contributed by atoms with Gasteiger partial charge in [-0.25, -0.2) is 14.8 Å². The van der Waals surface area contributed by atoms with E-state index < -0.39 is 38.8 Å². The van der Waals surface area contributed by atoms with Crippen molar-refractivity contribution >= 4 is 31.9 Å². The Morgan fingerprint density at radius 1 is 0.814 bits per heavy atom. The Morgan fingerprint density at radius 2 is 1.41 bits per heavy atom. The van der Waals surface area contributed by atoms with Crippen molar-refractivity contribution in [3.63, 3.8) is 0 Å². The molecule has 5 N–H and O–H groups in total. The maximum atomic E-state index is 13.9. The number of alkyl carbamates (subject to hydrolysis) is 1. The number of rotatable bonds is 13. The number of H-pyrrole nitrogens is 2. The van der Waals surface area contributed by atoms with Crippen LogP contribution in [0.15, 0.2) is 54.7 Å². The van der Waals surface area contributed by atoms with Crippen LogP contribution in [0.4, 0.5) is 4.79 Å². The molecule has 14 nitrogen and oxygen atoms in total. The Kier molecular flexibility index (Phi) is 12.2. The maximum Gasteiger partial charge on any atom is 0.407 e. The molecule has 0 radical (unpaired) electrons. The van der Waals surface area contributed by atoms with Crippen molar-refractivity contribution in [2.75, 3.05) is 26.4 Å². The SMILES string of the molecule is COC(=O)N[C@H](C(=O)N1C[Si](C)(C)C[C@H]1c1ncc(-c2ccc(-c3ccc(-c4nc([C@@H]5CCCN5C(=O)[C@@H](NC(=O)CO)C(C)C)[nH]c4C4CC4)cc3)cc2)[nH]1)C(C)C. The van der Waals surface area contributed by atoms with E-state index in [1.54, 1.807) is 0 Å². The average Bonchev–Trinajstić information content (AvgIpc) is 3.56. The molecule has 3 fully saturated rings. The zero-order chi connectivity index (χ0) is 42.2. The third-order valence-corrected chi connectivity index (χ3v) is 14.7. The molecule has 1 aliphatic carbocycles. The Bertz CT molecular complexity index is 2160. The fourth-order valence-corrected chi connectivity index (χ4v) is 11.5. The molecule has 2 saturated heterocycles. The second kappa shape index (κ2) is 17.1. The van der Waals surface area contributed by atoms with Crippen molar-refractivity contribution < 1.29 is 29.0 Å². The summed E-state index contributed by atoms with van der Waals surface area (Å²) in [4.78, 5) is 72.6. The highest BCUT2D eigenvalue weighted by atomic mass is 28.3. The first kappa shape index (κ1) is 41.9. The Balaban J connectivity index is 1.06. The van der Waals surface area contributed by atoms with Gasteiger partial charge >= 0.3 is 6.09 Å². The van der Waals surface area contributed by atoms with E-state index in [0.717, 1.165) is 82.7 Å². The Morgan fingerprint density at radius 3 is 2.00 bits per heavy atom. The summed E-state index contributed by atoms with van der Waals surface area (Å²) in [5.74, 6) is 0.860. The summed E-state index contributed by atoms with van der Waals surface area (Å²) in [5, 5.41) is 14.8. The summed E-state index contributed by atoms with van der Waals surface area (Å²) in [6, 6.07) is 15.8. The third kappa shape index (κ3) is 9.00. The minimum atomic E-state index is -1.75. The number of aliphatic hydroxyl groups excluding tert-OH is 1. The predicted molar refractivity (Wildman–Crippen MR) is 227 cm³/mol. The summed E-state index contributed by atoms with van der Waals surface area (Å²) >= 11 is 0. The molecule has 4 amide bonds. The number of aromatic nitrogens is 4. The number of nitrogens with zero attached hydrogens (tertiary/aromatic N) is 4. The molecule has 7 rings (SSSR count).